The molecule has 3 aliphatic rings. The molecular formula is C36H51N3O5. The second kappa shape index (κ2) is 13.9. The highest BCUT2D eigenvalue weighted by Crippen LogP contribution is 2.47. The van der Waals surface area contributed by atoms with E-state index in [1.165, 1.54) is 0 Å². The summed E-state index contributed by atoms with van der Waals surface area (Å²) in [5.41, 5.74) is 3.07. The number of hydrogen-bond acceptors (Lipinski definition) is 7. The number of rotatable bonds is 12. The van der Waals surface area contributed by atoms with E-state index in [-0.39, 0.29) is 23.0 Å². The molecule has 2 aromatic rings. The Morgan fingerprint density at radius 3 is 2.32 bits per heavy atom. The van der Waals surface area contributed by atoms with Crippen LogP contribution in [-0.2, 0) is 4.79 Å². The normalized spacial score (nSPS) is 20.2. The number of piperidine rings is 2. The van der Waals surface area contributed by atoms with Crippen molar-refractivity contribution in [2.45, 2.75) is 72.1 Å². The van der Waals surface area contributed by atoms with Gasteiger partial charge in [0.05, 0.1) is 25.3 Å². The van der Waals surface area contributed by atoms with Crippen molar-refractivity contribution in [1.82, 2.24) is 9.88 Å². The number of likely N-dealkylation sites (tertiary alicyclic amines) is 1. The highest BCUT2D eigenvalue weighted by molar-refractivity contribution is 6.03. The van der Waals surface area contributed by atoms with E-state index in [0.29, 0.717) is 24.3 Å². The number of methoxy groups -OCH3 is 1. The molecule has 1 aromatic carbocycles. The monoisotopic (exact) mass is 605 g/mol. The third-order valence-electron chi connectivity index (χ3n) is 9.75. The summed E-state index contributed by atoms with van der Waals surface area (Å²) in [6, 6.07) is 9.79. The van der Waals surface area contributed by atoms with Crippen LogP contribution in [0.25, 0.3) is 0 Å². The molecule has 44 heavy (non-hydrogen) atoms. The third kappa shape index (κ3) is 8.12. The van der Waals surface area contributed by atoms with Crippen LogP contribution >= 0.6 is 0 Å². The summed E-state index contributed by atoms with van der Waals surface area (Å²) in [4.78, 5) is 34.9. The molecule has 1 N–H and O–H groups in total. The molecule has 0 unspecified atom stereocenters. The summed E-state index contributed by atoms with van der Waals surface area (Å²) >= 11 is 0. The van der Waals surface area contributed by atoms with E-state index >= 15 is 0 Å². The van der Waals surface area contributed by atoms with Gasteiger partial charge in [-0.1, -0.05) is 27.7 Å². The Labute approximate surface area is 263 Å². The number of carbonyl (C=O) groups excluding carboxylic acids is 1. The molecule has 0 spiro atoms. The van der Waals surface area contributed by atoms with Gasteiger partial charge < -0.3 is 24.4 Å². The first-order valence-electron chi connectivity index (χ1n) is 16.5. The van der Waals surface area contributed by atoms with Gasteiger partial charge in [-0.25, -0.2) is 4.98 Å². The molecule has 1 aromatic heterocycles. The Morgan fingerprint density at radius 2 is 1.70 bits per heavy atom. The van der Waals surface area contributed by atoms with Crippen LogP contribution in [0.4, 0.5) is 5.69 Å². The predicted molar refractivity (Wildman–Crippen MR) is 173 cm³/mol. The van der Waals surface area contributed by atoms with Gasteiger partial charge in [-0.05, 0) is 98.5 Å². The van der Waals surface area contributed by atoms with Gasteiger partial charge in [-0.3, -0.25) is 9.59 Å². The van der Waals surface area contributed by atoms with Crippen LogP contribution < -0.4 is 14.4 Å². The largest absolute Gasteiger partial charge is 0.497 e. The Bertz CT molecular complexity index is 1290. The predicted octanol–water partition coefficient (Wildman–Crippen LogP) is 6.54. The van der Waals surface area contributed by atoms with Gasteiger partial charge in [0.25, 0.3) is 0 Å². The molecule has 0 bridgehead atoms. The number of pyridine rings is 1. The lowest BCUT2D eigenvalue weighted by molar-refractivity contribution is -0.142. The number of carboxylic acid groups (broad SMARTS) is 1. The summed E-state index contributed by atoms with van der Waals surface area (Å²) in [5, 5.41) is 9.64. The van der Waals surface area contributed by atoms with E-state index in [1.807, 2.05) is 30.3 Å². The summed E-state index contributed by atoms with van der Waals surface area (Å²) in [7, 11) is 1.67. The second-order valence-corrected chi connectivity index (χ2v) is 14.5. The lowest BCUT2D eigenvalue weighted by atomic mass is 9.84. The van der Waals surface area contributed by atoms with Crippen LogP contribution in [0.1, 0.15) is 88.1 Å². The van der Waals surface area contributed by atoms with Crippen molar-refractivity contribution in [3.63, 3.8) is 0 Å². The van der Waals surface area contributed by atoms with Gasteiger partial charge >= 0.3 is 5.97 Å². The molecule has 0 radical (unpaired) electrons. The number of benzene rings is 1. The topological polar surface area (TPSA) is 92.2 Å². The Kier molecular flexibility index (Phi) is 10.2. The minimum Gasteiger partial charge on any atom is -0.497 e. The maximum atomic E-state index is 13.8. The summed E-state index contributed by atoms with van der Waals surface area (Å²) < 4.78 is 11.7. The number of ketones is 1. The number of nitrogens with zero attached hydrogens (tertiary/aromatic N) is 3. The number of Topliss-reactive ketones (excluding diaryl/α,β-unsaturated/α-hetero) is 1. The molecule has 0 amide bonds. The molecule has 1 saturated carbocycles. The molecule has 3 fully saturated rings. The zero-order valence-corrected chi connectivity index (χ0v) is 27.3. The summed E-state index contributed by atoms with van der Waals surface area (Å²) in [6.07, 6.45) is 7.63. The zero-order chi connectivity index (χ0) is 31.4. The maximum absolute atomic E-state index is 13.8. The maximum Gasteiger partial charge on any atom is 0.306 e. The standard InChI is InChI=1S/C36H51N3O5/c1-24(35(41)42)33(26-6-7-26)28-10-15-37-32(20-28)44-22-25-11-18-39(19-12-25)31-21-29(43-5)8-9-30(31)34(40)27-13-16-38(17-14-27)23-36(2,3)4/h8-10,15,20-21,24-27,33H,6-7,11-14,16-19,22-23H2,1-5H3,(H,41,42)/t24-,33-/m0/s1. The van der Waals surface area contributed by atoms with E-state index < -0.39 is 11.9 Å². The van der Waals surface area contributed by atoms with Crippen molar-refractivity contribution in [3.8, 4) is 11.6 Å². The second-order valence-electron chi connectivity index (χ2n) is 14.5. The highest BCUT2D eigenvalue weighted by atomic mass is 16.5. The Morgan fingerprint density at radius 1 is 1.00 bits per heavy atom. The van der Waals surface area contributed by atoms with Crippen LogP contribution in [0.3, 0.4) is 0 Å². The molecule has 5 rings (SSSR count). The van der Waals surface area contributed by atoms with Crippen molar-refractivity contribution in [2.75, 3.05) is 51.3 Å². The third-order valence-corrected chi connectivity index (χ3v) is 9.75. The van der Waals surface area contributed by atoms with Gasteiger partial charge in [0.1, 0.15) is 5.75 Å². The van der Waals surface area contributed by atoms with Crippen molar-refractivity contribution >= 4 is 17.4 Å². The molecule has 8 nitrogen and oxygen atoms in total. The van der Waals surface area contributed by atoms with E-state index in [9.17, 15) is 14.7 Å². The number of hydrogen-bond donors (Lipinski definition) is 1. The number of aliphatic carboxylic acids is 1. The van der Waals surface area contributed by atoms with Crippen LogP contribution in [0.2, 0.25) is 0 Å². The van der Waals surface area contributed by atoms with Gasteiger partial charge in [0, 0.05) is 49.4 Å². The van der Waals surface area contributed by atoms with E-state index in [0.717, 1.165) is 93.8 Å². The van der Waals surface area contributed by atoms with Crippen molar-refractivity contribution < 1.29 is 24.2 Å². The zero-order valence-electron chi connectivity index (χ0n) is 27.3. The number of carbonyl (C=O) groups is 2. The first-order chi connectivity index (χ1) is 21.0. The van der Waals surface area contributed by atoms with Crippen molar-refractivity contribution in [3.05, 3.63) is 47.7 Å². The van der Waals surface area contributed by atoms with E-state index in [1.54, 1.807) is 20.2 Å². The lowest BCUT2D eigenvalue weighted by Gasteiger charge is -2.37. The minimum absolute atomic E-state index is 0.00288. The molecule has 2 saturated heterocycles. The summed E-state index contributed by atoms with van der Waals surface area (Å²) in [5.74, 6) is 1.28. The van der Waals surface area contributed by atoms with Crippen LogP contribution in [0, 0.1) is 29.1 Å². The van der Waals surface area contributed by atoms with Crippen molar-refractivity contribution in [1.29, 1.82) is 0 Å². The van der Waals surface area contributed by atoms with Crippen molar-refractivity contribution in [2.24, 2.45) is 29.1 Å². The molecule has 8 heteroatoms. The summed E-state index contributed by atoms with van der Waals surface area (Å²) in [6.45, 7) is 13.9. The molecule has 3 heterocycles. The average Bonchev–Trinajstić information content (AvgIpc) is 3.85. The average molecular weight is 606 g/mol. The van der Waals surface area contributed by atoms with Gasteiger partial charge in [0.15, 0.2) is 5.78 Å². The lowest BCUT2D eigenvalue weighted by Crippen LogP contribution is -2.41. The molecule has 1 aliphatic carbocycles. The first-order valence-corrected chi connectivity index (χ1v) is 16.5. The Hall–Kier alpha value is -3.13. The SMILES string of the molecule is COc1ccc(C(=O)C2CCN(CC(C)(C)C)CC2)c(N2CCC(COc3cc([C@H](C4CC4)[C@H](C)C(=O)O)ccn3)CC2)c1. The fraction of sp³-hybridized carbons (Fsp3) is 0.639. The van der Waals surface area contributed by atoms with Gasteiger partial charge in [0.2, 0.25) is 5.88 Å². The fourth-order valence-electron chi connectivity index (χ4n) is 7.19. The fourth-order valence-corrected chi connectivity index (χ4v) is 7.19. The number of aromatic nitrogens is 1. The van der Waals surface area contributed by atoms with Gasteiger partial charge in [-0.15, -0.1) is 0 Å². The van der Waals surface area contributed by atoms with Gasteiger partial charge in [-0.2, -0.15) is 0 Å². The van der Waals surface area contributed by atoms with E-state index in [4.69, 9.17) is 9.47 Å². The van der Waals surface area contributed by atoms with Crippen LogP contribution in [0.5, 0.6) is 11.6 Å². The molecule has 240 valence electrons. The van der Waals surface area contributed by atoms with Crippen LogP contribution in [-0.4, -0.2) is 73.2 Å². The molecule has 2 aliphatic heterocycles. The quantitative estimate of drug-likeness (QED) is 0.273. The molecule has 2 atom stereocenters. The highest BCUT2D eigenvalue weighted by Gasteiger charge is 2.39. The smallest absolute Gasteiger partial charge is 0.306 e. The van der Waals surface area contributed by atoms with Crippen LogP contribution in [0.15, 0.2) is 36.5 Å². The first kappa shape index (κ1) is 32.3. The van der Waals surface area contributed by atoms with E-state index in [2.05, 4.69) is 35.6 Å². The molecular weight excluding hydrogens is 554 g/mol. The number of carboxylic acids is 1. The minimum atomic E-state index is -0.754. The number of anilines is 1. The number of ether oxygens (including phenoxy) is 2. The Balaban J connectivity index is 1.18.